The van der Waals surface area contributed by atoms with E-state index >= 15 is 0 Å². The molecule has 0 saturated heterocycles. The Kier molecular flexibility index (Phi) is 3.17. The molecule has 1 heterocycles. The van der Waals surface area contributed by atoms with Crippen molar-refractivity contribution < 1.29 is 4.39 Å². The average Bonchev–Trinajstić information content (AvgIpc) is 2.79. The van der Waals surface area contributed by atoms with Crippen LogP contribution in [0.25, 0.3) is 0 Å². The maximum absolute atomic E-state index is 13.6. The highest BCUT2D eigenvalue weighted by atomic mass is 19.1. The number of imidazole rings is 1. The summed E-state index contributed by atoms with van der Waals surface area (Å²) >= 11 is 0. The molecule has 86 valence electrons. The van der Waals surface area contributed by atoms with E-state index in [0.29, 0.717) is 24.2 Å². The Morgan fingerprint density at radius 3 is 2.88 bits per heavy atom. The van der Waals surface area contributed by atoms with Crippen LogP contribution < -0.4 is 5.73 Å². The summed E-state index contributed by atoms with van der Waals surface area (Å²) in [5.41, 5.74) is 7.04. The molecule has 4 nitrogen and oxygen atoms in total. The van der Waals surface area contributed by atoms with Gasteiger partial charge in [0.15, 0.2) is 0 Å². The summed E-state index contributed by atoms with van der Waals surface area (Å²) in [6.45, 7) is 0.743. The second-order valence-corrected chi connectivity index (χ2v) is 3.66. The summed E-state index contributed by atoms with van der Waals surface area (Å²) in [4.78, 5) is 4.06. The van der Waals surface area contributed by atoms with E-state index in [2.05, 4.69) is 4.98 Å². The summed E-state index contributed by atoms with van der Waals surface area (Å²) in [5.74, 6) is -0.382. The van der Waals surface area contributed by atoms with Crippen molar-refractivity contribution in [1.82, 2.24) is 9.55 Å². The molecule has 5 heteroatoms. The number of nitrogens with zero attached hydrogens (tertiary/aromatic N) is 3. The molecule has 0 amide bonds. The van der Waals surface area contributed by atoms with Crippen LogP contribution in [0, 0.1) is 17.1 Å². The van der Waals surface area contributed by atoms with Gasteiger partial charge in [0.05, 0.1) is 30.2 Å². The fourth-order valence-corrected chi connectivity index (χ4v) is 1.54. The van der Waals surface area contributed by atoms with Crippen molar-refractivity contribution in [2.45, 2.75) is 13.1 Å². The van der Waals surface area contributed by atoms with E-state index in [9.17, 15) is 4.39 Å². The van der Waals surface area contributed by atoms with E-state index < -0.39 is 0 Å². The molecule has 0 radical (unpaired) electrons. The molecule has 0 fully saturated rings. The average molecular weight is 230 g/mol. The molecule has 17 heavy (non-hydrogen) atoms. The fraction of sp³-hybridized carbons (Fsp3) is 0.167. The predicted molar refractivity (Wildman–Crippen MR) is 60.3 cm³/mol. The van der Waals surface area contributed by atoms with Gasteiger partial charge in [-0.25, -0.2) is 9.37 Å². The zero-order valence-electron chi connectivity index (χ0n) is 9.10. The summed E-state index contributed by atoms with van der Waals surface area (Å²) in [7, 11) is 0. The lowest BCUT2D eigenvalue weighted by Crippen LogP contribution is -2.00. The lowest BCUT2D eigenvalue weighted by molar-refractivity contribution is 0.599. The molecular formula is C12H11FN4. The maximum atomic E-state index is 13.6. The van der Waals surface area contributed by atoms with Gasteiger partial charge in [0, 0.05) is 18.3 Å². The third-order valence-electron chi connectivity index (χ3n) is 2.43. The Balaban J connectivity index is 2.21. The molecule has 0 aliphatic rings. The smallest absolute Gasteiger partial charge is 0.129 e. The number of hydrogen-bond acceptors (Lipinski definition) is 3. The standard InChI is InChI=1S/C12H11FN4/c13-12-3-9(4-14)1-2-10(12)6-17-7-11(5-15)16-8-17/h1-3,7-8H,5-6,15H2. The van der Waals surface area contributed by atoms with Crippen molar-refractivity contribution in [3.63, 3.8) is 0 Å². The number of halogens is 1. The number of rotatable bonds is 3. The Hall–Kier alpha value is -2.19. The number of benzene rings is 1. The minimum Gasteiger partial charge on any atom is -0.333 e. The van der Waals surface area contributed by atoms with E-state index in [1.54, 1.807) is 29.2 Å². The van der Waals surface area contributed by atoms with E-state index in [1.165, 1.54) is 6.07 Å². The second-order valence-electron chi connectivity index (χ2n) is 3.66. The molecular weight excluding hydrogens is 219 g/mol. The first kappa shape index (κ1) is 11.3. The molecule has 2 aromatic rings. The topological polar surface area (TPSA) is 67.6 Å². The van der Waals surface area contributed by atoms with Crippen molar-refractivity contribution in [1.29, 1.82) is 5.26 Å². The van der Waals surface area contributed by atoms with E-state index in [-0.39, 0.29) is 5.82 Å². The molecule has 1 aromatic carbocycles. The molecule has 1 aromatic heterocycles. The molecule has 0 unspecified atom stereocenters. The number of nitrogens with two attached hydrogens (primary N) is 1. The van der Waals surface area contributed by atoms with E-state index in [0.717, 1.165) is 5.69 Å². The summed E-state index contributed by atoms with van der Waals surface area (Å²) < 4.78 is 15.4. The van der Waals surface area contributed by atoms with Crippen LogP contribution in [0.1, 0.15) is 16.8 Å². The quantitative estimate of drug-likeness (QED) is 0.866. The minimum absolute atomic E-state index is 0.319. The monoisotopic (exact) mass is 230 g/mol. The lowest BCUT2D eigenvalue weighted by atomic mass is 10.1. The van der Waals surface area contributed by atoms with Crippen molar-refractivity contribution >= 4 is 0 Å². The van der Waals surface area contributed by atoms with Crippen LogP contribution in [-0.2, 0) is 13.1 Å². The van der Waals surface area contributed by atoms with E-state index in [1.807, 2.05) is 6.07 Å². The normalized spacial score (nSPS) is 10.2. The Bertz CT molecular complexity index is 568. The van der Waals surface area contributed by atoms with Crippen LogP contribution in [0.3, 0.4) is 0 Å². The van der Waals surface area contributed by atoms with Gasteiger partial charge >= 0.3 is 0 Å². The Morgan fingerprint density at radius 2 is 2.29 bits per heavy atom. The van der Waals surface area contributed by atoms with Crippen molar-refractivity contribution in [2.24, 2.45) is 5.73 Å². The minimum atomic E-state index is -0.382. The lowest BCUT2D eigenvalue weighted by Gasteiger charge is -2.04. The molecule has 2 rings (SSSR count). The van der Waals surface area contributed by atoms with Crippen LogP contribution in [0.5, 0.6) is 0 Å². The van der Waals surface area contributed by atoms with Gasteiger partial charge < -0.3 is 10.3 Å². The first-order chi connectivity index (χ1) is 8.22. The highest BCUT2D eigenvalue weighted by Crippen LogP contribution is 2.11. The van der Waals surface area contributed by atoms with Gasteiger partial charge in [-0.05, 0) is 12.1 Å². The molecule has 0 spiro atoms. The molecule has 0 atom stereocenters. The summed E-state index contributed by atoms with van der Waals surface area (Å²) in [6, 6.07) is 6.33. The van der Waals surface area contributed by atoms with Gasteiger partial charge in [-0.1, -0.05) is 6.07 Å². The highest BCUT2D eigenvalue weighted by molar-refractivity contribution is 5.33. The summed E-state index contributed by atoms with van der Waals surface area (Å²) in [5, 5.41) is 8.63. The van der Waals surface area contributed by atoms with Gasteiger partial charge in [-0.15, -0.1) is 0 Å². The van der Waals surface area contributed by atoms with Crippen LogP contribution >= 0.6 is 0 Å². The number of hydrogen-bond donors (Lipinski definition) is 1. The second kappa shape index (κ2) is 4.76. The summed E-state index contributed by atoms with van der Waals surface area (Å²) in [6.07, 6.45) is 3.39. The molecule has 0 bridgehead atoms. The Labute approximate surface area is 98.1 Å². The zero-order chi connectivity index (χ0) is 12.3. The fourth-order valence-electron chi connectivity index (χ4n) is 1.54. The first-order valence-corrected chi connectivity index (χ1v) is 5.12. The van der Waals surface area contributed by atoms with Crippen molar-refractivity contribution in [3.8, 4) is 6.07 Å². The predicted octanol–water partition coefficient (Wildman–Crippen LogP) is 1.40. The maximum Gasteiger partial charge on any atom is 0.129 e. The molecule has 0 aliphatic heterocycles. The largest absolute Gasteiger partial charge is 0.333 e. The van der Waals surface area contributed by atoms with Gasteiger partial charge in [0.1, 0.15) is 5.82 Å². The van der Waals surface area contributed by atoms with Gasteiger partial charge in [-0.2, -0.15) is 5.26 Å². The molecule has 2 N–H and O–H groups in total. The van der Waals surface area contributed by atoms with Crippen molar-refractivity contribution in [2.75, 3.05) is 0 Å². The molecule has 0 saturated carbocycles. The van der Waals surface area contributed by atoms with Crippen LogP contribution in [0.15, 0.2) is 30.7 Å². The van der Waals surface area contributed by atoms with Crippen molar-refractivity contribution in [3.05, 3.63) is 53.4 Å². The van der Waals surface area contributed by atoms with Crippen LogP contribution in [0.4, 0.5) is 4.39 Å². The van der Waals surface area contributed by atoms with Crippen LogP contribution in [0.2, 0.25) is 0 Å². The van der Waals surface area contributed by atoms with Gasteiger partial charge in [-0.3, -0.25) is 0 Å². The van der Waals surface area contributed by atoms with E-state index in [4.69, 9.17) is 11.0 Å². The number of nitriles is 1. The van der Waals surface area contributed by atoms with Gasteiger partial charge in [0.25, 0.3) is 0 Å². The third kappa shape index (κ3) is 2.49. The first-order valence-electron chi connectivity index (χ1n) is 5.12. The highest BCUT2D eigenvalue weighted by Gasteiger charge is 2.05. The van der Waals surface area contributed by atoms with Crippen LogP contribution in [-0.4, -0.2) is 9.55 Å². The molecule has 0 aliphatic carbocycles. The Morgan fingerprint density at radius 1 is 1.47 bits per heavy atom. The van der Waals surface area contributed by atoms with Gasteiger partial charge in [0.2, 0.25) is 0 Å². The SMILES string of the molecule is N#Cc1ccc(Cn2cnc(CN)c2)c(F)c1. The third-order valence-corrected chi connectivity index (χ3v) is 2.43. The number of aromatic nitrogens is 2. The zero-order valence-corrected chi connectivity index (χ0v) is 9.10.